The van der Waals surface area contributed by atoms with Crippen LogP contribution in [0.5, 0.6) is 0 Å². The second-order valence-electron chi connectivity index (χ2n) is 6.27. The normalized spacial score (nSPS) is 12.2. The number of nitrogens with two attached hydrogens (primary N) is 1. The predicted molar refractivity (Wildman–Crippen MR) is 105 cm³/mol. The van der Waals surface area contributed by atoms with E-state index >= 15 is 0 Å². The molecule has 9 nitrogen and oxygen atoms in total. The topological polar surface area (TPSA) is 144 Å². The summed E-state index contributed by atoms with van der Waals surface area (Å²) in [6.45, 7) is 2.64. The van der Waals surface area contributed by atoms with E-state index in [1.807, 2.05) is 37.3 Å². The highest BCUT2D eigenvalue weighted by molar-refractivity contribution is 7.89. The van der Waals surface area contributed by atoms with Crippen LogP contribution in [-0.4, -0.2) is 32.3 Å². The van der Waals surface area contributed by atoms with Gasteiger partial charge >= 0.3 is 0 Å². The smallest absolute Gasteiger partial charge is 0.293 e. The first kappa shape index (κ1) is 21.3. The SMILES string of the molecule is C[C@H](CNC(=O)CCNc1ccc(S(N)(=O)=O)cc1[N+](=O)[O-])c1ccccc1. The minimum absolute atomic E-state index is 0.107. The summed E-state index contributed by atoms with van der Waals surface area (Å²) in [6.07, 6.45) is 0.107. The lowest BCUT2D eigenvalue weighted by Crippen LogP contribution is -2.29. The molecule has 0 aromatic heterocycles. The minimum Gasteiger partial charge on any atom is -0.379 e. The average molecular weight is 406 g/mol. The van der Waals surface area contributed by atoms with E-state index in [0.717, 1.165) is 11.6 Å². The number of nitrogens with one attached hydrogen (secondary N) is 2. The van der Waals surface area contributed by atoms with Crippen molar-refractivity contribution in [3.8, 4) is 0 Å². The van der Waals surface area contributed by atoms with Crippen LogP contribution in [0.3, 0.4) is 0 Å². The number of hydrogen-bond donors (Lipinski definition) is 3. The van der Waals surface area contributed by atoms with Gasteiger partial charge in [-0.15, -0.1) is 0 Å². The molecule has 4 N–H and O–H groups in total. The van der Waals surface area contributed by atoms with Gasteiger partial charge in [0, 0.05) is 25.6 Å². The molecule has 2 aromatic rings. The summed E-state index contributed by atoms with van der Waals surface area (Å²) in [7, 11) is -4.04. The molecule has 0 unspecified atom stereocenters. The summed E-state index contributed by atoms with van der Waals surface area (Å²) in [5.74, 6) is -0.0379. The third-order valence-corrected chi connectivity index (χ3v) is 5.05. The van der Waals surface area contributed by atoms with Crippen LogP contribution in [0.1, 0.15) is 24.8 Å². The summed E-state index contributed by atoms with van der Waals surface area (Å²) < 4.78 is 22.7. The number of sulfonamides is 1. The number of anilines is 1. The second kappa shape index (κ2) is 9.29. The highest BCUT2D eigenvalue weighted by Gasteiger charge is 2.19. The maximum Gasteiger partial charge on any atom is 0.293 e. The number of nitro benzene ring substituents is 1. The molecular formula is C18H22N4O5S. The molecule has 0 fully saturated rings. The molecule has 0 radical (unpaired) electrons. The van der Waals surface area contributed by atoms with E-state index in [-0.39, 0.29) is 35.4 Å². The van der Waals surface area contributed by atoms with Gasteiger partial charge in [0.15, 0.2) is 0 Å². The number of nitrogens with zero attached hydrogens (tertiary/aromatic N) is 1. The lowest BCUT2D eigenvalue weighted by Gasteiger charge is -2.13. The molecule has 0 spiro atoms. The van der Waals surface area contributed by atoms with Crippen molar-refractivity contribution >= 4 is 27.3 Å². The van der Waals surface area contributed by atoms with Crippen molar-refractivity contribution in [2.75, 3.05) is 18.4 Å². The maximum atomic E-state index is 12.0. The van der Waals surface area contributed by atoms with Crippen molar-refractivity contribution in [1.82, 2.24) is 5.32 Å². The summed E-state index contributed by atoms with van der Waals surface area (Å²) in [5, 5.41) is 21.8. The monoisotopic (exact) mass is 406 g/mol. The molecule has 0 aliphatic carbocycles. The van der Waals surface area contributed by atoms with Crippen molar-refractivity contribution in [1.29, 1.82) is 0 Å². The largest absolute Gasteiger partial charge is 0.379 e. The molecule has 1 amide bonds. The van der Waals surface area contributed by atoms with Crippen LogP contribution in [-0.2, 0) is 14.8 Å². The third kappa shape index (κ3) is 6.03. The highest BCUT2D eigenvalue weighted by Crippen LogP contribution is 2.27. The molecule has 150 valence electrons. The number of nitro groups is 1. The van der Waals surface area contributed by atoms with Crippen molar-refractivity contribution in [3.05, 3.63) is 64.2 Å². The number of carbonyl (C=O) groups excluding carboxylic acids is 1. The fourth-order valence-electron chi connectivity index (χ4n) is 2.55. The van der Waals surface area contributed by atoms with Gasteiger partial charge in [-0.2, -0.15) is 0 Å². The Balaban J connectivity index is 1.88. The Morgan fingerprint density at radius 1 is 1.21 bits per heavy atom. The Bertz CT molecular complexity index is 948. The quantitative estimate of drug-likeness (QED) is 0.429. The Morgan fingerprint density at radius 2 is 1.89 bits per heavy atom. The van der Waals surface area contributed by atoms with Gasteiger partial charge in [0.25, 0.3) is 5.69 Å². The van der Waals surface area contributed by atoms with Crippen LogP contribution in [0.2, 0.25) is 0 Å². The first-order valence-corrected chi connectivity index (χ1v) is 10.1. The van der Waals surface area contributed by atoms with E-state index in [2.05, 4.69) is 10.6 Å². The Morgan fingerprint density at radius 3 is 2.50 bits per heavy atom. The second-order valence-corrected chi connectivity index (χ2v) is 7.84. The van der Waals surface area contributed by atoms with Crippen molar-refractivity contribution in [3.63, 3.8) is 0 Å². The number of amides is 1. The van der Waals surface area contributed by atoms with Gasteiger partial charge in [0.1, 0.15) is 5.69 Å². The van der Waals surface area contributed by atoms with E-state index in [9.17, 15) is 23.3 Å². The van der Waals surface area contributed by atoms with Crippen LogP contribution in [0, 0.1) is 10.1 Å². The number of carbonyl (C=O) groups is 1. The van der Waals surface area contributed by atoms with Gasteiger partial charge in [-0.05, 0) is 23.6 Å². The Hall–Kier alpha value is -2.98. The van der Waals surface area contributed by atoms with Gasteiger partial charge in [-0.25, -0.2) is 13.6 Å². The van der Waals surface area contributed by atoms with Gasteiger partial charge in [0.2, 0.25) is 15.9 Å². The van der Waals surface area contributed by atoms with Crippen LogP contribution in [0.15, 0.2) is 53.4 Å². The van der Waals surface area contributed by atoms with Crippen LogP contribution >= 0.6 is 0 Å². The van der Waals surface area contributed by atoms with E-state index in [4.69, 9.17) is 5.14 Å². The number of benzene rings is 2. The Kier molecular flexibility index (Phi) is 7.07. The first-order chi connectivity index (χ1) is 13.2. The molecule has 0 bridgehead atoms. The zero-order valence-corrected chi connectivity index (χ0v) is 16.1. The van der Waals surface area contributed by atoms with Gasteiger partial charge in [-0.3, -0.25) is 14.9 Å². The van der Waals surface area contributed by atoms with Crippen molar-refractivity contribution in [2.24, 2.45) is 5.14 Å². The summed E-state index contributed by atoms with van der Waals surface area (Å²) in [4.78, 5) is 22.1. The molecular weight excluding hydrogens is 384 g/mol. The highest BCUT2D eigenvalue weighted by atomic mass is 32.2. The van der Waals surface area contributed by atoms with Crippen LogP contribution in [0.25, 0.3) is 0 Å². The summed E-state index contributed by atoms with van der Waals surface area (Å²) >= 11 is 0. The molecule has 10 heteroatoms. The summed E-state index contributed by atoms with van der Waals surface area (Å²) in [5.41, 5.74) is 0.805. The van der Waals surface area contributed by atoms with E-state index < -0.39 is 20.6 Å². The minimum atomic E-state index is -4.04. The standard InChI is InChI=1S/C18H22N4O5S/c1-13(14-5-3-2-4-6-14)12-21-18(23)9-10-20-16-8-7-15(28(19,26)27)11-17(16)22(24)25/h2-8,11,13,20H,9-10,12H2,1H3,(H,21,23)(H2,19,26,27)/t13-/m1/s1. The third-order valence-electron chi connectivity index (χ3n) is 4.14. The van der Waals surface area contributed by atoms with Crippen LogP contribution < -0.4 is 15.8 Å². The molecule has 28 heavy (non-hydrogen) atoms. The molecule has 0 aliphatic heterocycles. The molecule has 0 saturated carbocycles. The fraction of sp³-hybridized carbons (Fsp3) is 0.278. The van der Waals surface area contributed by atoms with Gasteiger partial charge < -0.3 is 10.6 Å². The van der Waals surface area contributed by atoms with E-state index in [1.54, 1.807) is 0 Å². The average Bonchev–Trinajstić information content (AvgIpc) is 2.66. The molecule has 2 aromatic carbocycles. The maximum absolute atomic E-state index is 12.0. The zero-order valence-electron chi connectivity index (χ0n) is 15.3. The number of primary sulfonamides is 1. The molecule has 0 heterocycles. The lowest BCUT2D eigenvalue weighted by atomic mass is 10.0. The van der Waals surface area contributed by atoms with Crippen molar-refractivity contribution in [2.45, 2.75) is 24.2 Å². The van der Waals surface area contributed by atoms with E-state index in [0.29, 0.717) is 6.54 Å². The zero-order chi connectivity index (χ0) is 20.7. The van der Waals surface area contributed by atoms with Gasteiger partial charge in [-0.1, -0.05) is 37.3 Å². The van der Waals surface area contributed by atoms with Gasteiger partial charge in [0.05, 0.1) is 9.82 Å². The van der Waals surface area contributed by atoms with E-state index in [1.165, 1.54) is 12.1 Å². The molecule has 2 rings (SSSR count). The molecule has 1 atom stereocenters. The van der Waals surface area contributed by atoms with Crippen molar-refractivity contribution < 1.29 is 18.1 Å². The summed E-state index contributed by atoms with van der Waals surface area (Å²) in [6, 6.07) is 13.1. The molecule has 0 aliphatic rings. The Labute approximate surface area is 163 Å². The first-order valence-electron chi connectivity index (χ1n) is 8.55. The molecule has 0 saturated heterocycles. The number of hydrogen-bond acceptors (Lipinski definition) is 6. The fourth-order valence-corrected chi connectivity index (χ4v) is 3.09. The van der Waals surface area contributed by atoms with Crippen LogP contribution in [0.4, 0.5) is 11.4 Å². The predicted octanol–water partition coefficient (Wildman–Crippen LogP) is 1.96. The lowest BCUT2D eigenvalue weighted by molar-refractivity contribution is -0.384. The number of rotatable bonds is 9.